The van der Waals surface area contributed by atoms with Gasteiger partial charge in [-0.25, -0.2) is 0 Å². The van der Waals surface area contributed by atoms with Crippen molar-refractivity contribution in [3.8, 4) is 11.3 Å². The molecule has 2 aromatic carbocycles. The van der Waals surface area contributed by atoms with E-state index in [2.05, 4.69) is 10.4 Å². The Hall–Kier alpha value is -2.79. The molecular weight excluding hydrogens is 372 g/mol. The van der Waals surface area contributed by atoms with Crippen molar-refractivity contribution in [2.24, 2.45) is 0 Å². The molecule has 3 N–H and O–H groups in total. The number of nitrogens with two attached hydrogens (primary N) is 1. The fraction of sp³-hybridized carbons (Fsp3) is 0.273. The van der Waals surface area contributed by atoms with Crippen LogP contribution in [0.3, 0.4) is 0 Å². The Morgan fingerprint density at radius 2 is 1.82 bits per heavy atom. The third kappa shape index (κ3) is 4.54. The van der Waals surface area contributed by atoms with E-state index in [1.165, 1.54) is 0 Å². The lowest BCUT2D eigenvalue weighted by Gasteiger charge is -2.18. The average molecular weight is 397 g/mol. The maximum atomic E-state index is 12.9. The first-order chi connectivity index (χ1) is 13.3. The van der Waals surface area contributed by atoms with Crippen molar-refractivity contribution in [1.29, 1.82) is 0 Å². The molecule has 0 bridgehead atoms. The van der Waals surface area contributed by atoms with Gasteiger partial charge in [0.1, 0.15) is 5.69 Å². The summed E-state index contributed by atoms with van der Waals surface area (Å²) in [5, 5.41) is 8.22. The quantitative estimate of drug-likeness (QED) is 0.623. The highest BCUT2D eigenvalue weighted by molar-refractivity contribution is 6.33. The number of rotatable bonds is 5. The van der Waals surface area contributed by atoms with E-state index < -0.39 is 0 Å². The molecule has 0 radical (unpaired) electrons. The minimum atomic E-state index is -0.251. The van der Waals surface area contributed by atoms with E-state index in [1.807, 2.05) is 63.2 Å². The second-order valence-electron chi connectivity index (χ2n) is 7.73. The first-order valence-corrected chi connectivity index (χ1v) is 9.61. The molecule has 1 amide bonds. The maximum Gasteiger partial charge on any atom is 0.255 e. The number of carbonyl (C=O) groups is 1. The molecule has 6 heteroatoms. The number of nitrogens with zero attached hydrogens (tertiary/aromatic N) is 2. The van der Waals surface area contributed by atoms with Gasteiger partial charge < -0.3 is 11.1 Å². The van der Waals surface area contributed by atoms with Crippen molar-refractivity contribution >= 4 is 23.2 Å². The van der Waals surface area contributed by atoms with Gasteiger partial charge in [0.25, 0.3) is 5.91 Å². The van der Waals surface area contributed by atoms with Crippen LogP contribution in [0.4, 0.5) is 5.69 Å². The van der Waals surface area contributed by atoms with Crippen molar-refractivity contribution in [1.82, 2.24) is 15.1 Å². The number of nitrogens with one attached hydrogen (secondary N) is 1. The summed E-state index contributed by atoms with van der Waals surface area (Å²) >= 11 is 6.36. The van der Waals surface area contributed by atoms with E-state index in [0.717, 1.165) is 23.2 Å². The van der Waals surface area contributed by atoms with Crippen LogP contribution < -0.4 is 11.1 Å². The maximum absolute atomic E-state index is 12.9. The van der Waals surface area contributed by atoms with Crippen LogP contribution >= 0.6 is 11.6 Å². The van der Waals surface area contributed by atoms with Crippen LogP contribution in [0, 0.1) is 0 Å². The van der Waals surface area contributed by atoms with Crippen LogP contribution in [0.2, 0.25) is 5.02 Å². The lowest BCUT2D eigenvalue weighted by molar-refractivity contribution is 0.0954. The molecule has 0 fully saturated rings. The normalized spacial score (nSPS) is 11.4. The highest BCUT2D eigenvalue weighted by Gasteiger charge is 2.23. The monoisotopic (exact) mass is 396 g/mol. The molecule has 0 unspecified atom stereocenters. The molecule has 3 aromatic rings. The Labute approximate surface area is 170 Å². The third-order valence-corrected chi connectivity index (χ3v) is 4.78. The van der Waals surface area contributed by atoms with Crippen LogP contribution in [-0.2, 0) is 12.0 Å². The second kappa shape index (κ2) is 8.07. The van der Waals surface area contributed by atoms with Gasteiger partial charge in [-0.2, -0.15) is 5.10 Å². The summed E-state index contributed by atoms with van der Waals surface area (Å²) in [5.41, 5.74) is 9.15. The van der Waals surface area contributed by atoms with Crippen LogP contribution in [0.15, 0.2) is 54.7 Å². The van der Waals surface area contributed by atoms with Crippen LogP contribution in [0.5, 0.6) is 0 Å². The zero-order chi connectivity index (χ0) is 20.3. The number of anilines is 1. The highest BCUT2D eigenvalue weighted by atomic mass is 35.5. The smallest absolute Gasteiger partial charge is 0.255 e. The Morgan fingerprint density at radius 1 is 1.14 bits per heavy atom. The highest BCUT2D eigenvalue weighted by Crippen LogP contribution is 2.30. The van der Waals surface area contributed by atoms with Gasteiger partial charge >= 0.3 is 0 Å². The number of aromatic nitrogens is 2. The standard InChI is InChI=1S/C22H25ClN4O/c1-22(2,3)27-14-18(20(26-27)17-6-4-5-7-19(17)23)21(28)25-13-12-15-8-10-16(24)11-9-15/h4-11,14H,12-13,24H2,1-3H3,(H,25,28). The van der Waals surface area contributed by atoms with Gasteiger partial charge in [-0.05, 0) is 51.0 Å². The zero-order valence-corrected chi connectivity index (χ0v) is 17.1. The van der Waals surface area contributed by atoms with Crippen molar-refractivity contribution in [2.75, 3.05) is 12.3 Å². The summed E-state index contributed by atoms with van der Waals surface area (Å²) in [6, 6.07) is 15.1. The number of nitrogen functional groups attached to an aromatic ring is 1. The summed E-state index contributed by atoms with van der Waals surface area (Å²) < 4.78 is 1.81. The minimum absolute atomic E-state index is 0.166. The number of carbonyl (C=O) groups excluding carboxylic acids is 1. The molecule has 1 aromatic heterocycles. The first-order valence-electron chi connectivity index (χ1n) is 9.23. The largest absolute Gasteiger partial charge is 0.399 e. The van der Waals surface area contributed by atoms with E-state index in [-0.39, 0.29) is 11.4 Å². The second-order valence-corrected chi connectivity index (χ2v) is 8.14. The van der Waals surface area contributed by atoms with Crippen molar-refractivity contribution in [3.05, 3.63) is 70.9 Å². The van der Waals surface area contributed by atoms with E-state index in [9.17, 15) is 4.79 Å². The Kier molecular flexibility index (Phi) is 5.75. The van der Waals surface area contributed by atoms with E-state index in [1.54, 1.807) is 16.9 Å². The first kappa shape index (κ1) is 20.0. The van der Waals surface area contributed by atoms with Crippen LogP contribution in [-0.4, -0.2) is 22.2 Å². The molecule has 0 saturated heterocycles. The Balaban J connectivity index is 1.83. The van der Waals surface area contributed by atoms with Crippen molar-refractivity contribution in [2.45, 2.75) is 32.7 Å². The van der Waals surface area contributed by atoms with Crippen molar-refractivity contribution < 1.29 is 4.79 Å². The Morgan fingerprint density at radius 3 is 2.46 bits per heavy atom. The van der Waals surface area contributed by atoms with E-state index in [0.29, 0.717) is 22.8 Å². The zero-order valence-electron chi connectivity index (χ0n) is 16.4. The van der Waals surface area contributed by atoms with Gasteiger partial charge in [0.15, 0.2) is 0 Å². The lowest BCUT2D eigenvalue weighted by Crippen LogP contribution is -2.26. The molecule has 3 rings (SSSR count). The minimum Gasteiger partial charge on any atom is -0.399 e. The molecule has 1 heterocycles. The molecule has 146 valence electrons. The third-order valence-electron chi connectivity index (χ3n) is 4.45. The molecule has 0 aliphatic carbocycles. The molecule has 5 nitrogen and oxygen atoms in total. The number of hydrogen-bond acceptors (Lipinski definition) is 3. The van der Waals surface area contributed by atoms with Gasteiger partial charge in [0, 0.05) is 24.0 Å². The summed E-state index contributed by atoms with van der Waals surface area (Å²) in [5.74, 6) is -0.166. The van der Waals surface area contributed by atoms with Gasteiger partial charge in [-0.1, -0.05) is 41.9 Å². The predicted molar refractivity (Wildman–Crippen MR) is 115 cm³/mol. The fourth-order valence-electron chi connectivity index (χ4n) is 2.84. The number of halogens is 1. The Bertz CT molecular complexity index is 971. The van der Waals surface area contributed by atoms with Gasteiger partial charge in [0.05, 0.1) is 16.1 Å². The SMILES string of the molecule is CC(C)(C)n1cc(C(=O)NCCc2ccc(N)cc2)c(-c2ccccc2Cl)n1. The lowest BCUT2D eigenvalue weighted by atomic mass is 10.1. The molecule has 0 spiro atoms. The summed E-state index contributed by atoms with van der Waals surface area (Å²) in [6.45, 7) is 6.64. The van der Waals surface area contributed by atoms with Gasteiger partial charge in [-0.15, -0.1) is 0 Å². The number of amides is 1. The summed E-state index contributed by atoms with van der Waals surface area (Å²) in [6.07, 6.45) is 2.51. The fourth-order valence-corrected chi connectivity index (χ4v) is 3.06. The van der Waals surface area contributed by atoms with Gasteiger partial charge in [0.2, 0.25) is 0 Å². The van der Waals surface area contributed by atoms with Crippen LogP contribution in [0.25, 0.3) is 11.3 Å². The molecular formula is C22H25ClN4O. The van der Waals surface area contributed by atoms with Crippen molar-refractivity contribution in [3.63, 3.8) is 0 Å². The van der Waals surface area contributed by atoms with Gasteiger partial charge in [-0.3, -0.25) is 9.48 Å². The topological polar surface area (TPSA) is 72.9 Å². The number of hydrogen-bond donors (Lipinski definition) is 2. The summed E-state index contributed by atoms with van der Waals surface area (Å²) in [7, 11) is 0. The summed E-state index contributed by atoms with van der Waals surface area (Å²) in [4.78, 5) is 12.9. The van der Waals surface area contributed by atoms with Crippen LogP contribution in [0.1, 0.15) is 36.7 Å². The molecule has 0 aliphatic heterocycles. The molecule has 0 saturated carbocycles. The van der Waals surface area contributed by atoms with E-state index >= 15 is 0 Å². The average Bonchev–Trinajstić information content (AvgIpc) is 3.09. The molecule has 0 aliphatic rings. The predicted octanol–water partition coefficient (Wildman–Crippen LogP) is 4.51. The molecule has 28 heavy (non-hydrogen) atoms. The van der Waals surface area contributed by atoms with E-state index in [4.69, 9.17) is 17.3 Å². The molecule has 0 atom stereocenters. The number of benzene rings is 2.